The largest absolute Gasteiger partial charge is 0.508 e. The predicted octanol–water partition coefficient (Wildman–Crippen LogP) is 1.97. The standard InChI is InChI=1S/C13H16FNO3/c1-13(12(17)18)3-2-4-15(13)8-9-5-10(14)7-11(16)6-9/h5-7,16H,2-4,8H2,1H3,(H,17,18). The predicted molar refractivity (Wildman–Crippen MR) is 63.7 cm³/mol. The van der Waals surface area contributed by atoms with Crippen LogP contribution in [-0.4, -0.2) is 33.2 Å². The number of phenols is 1. The van der Waals surface area contributed by atoms with E-state index in [4.69, 9.17) is 0 Å². The number of carboxylic acid groups (broad SMARTS) is 1. The van der Waals surface area contributed by atoms with Crippen LogP contribution in [0, 0.1) is 5.82 Å². The van der Waals surface area contributed by atoms with Crippen molar-refractivity contribution >= 4 is 5.97 Å². The summed E-state index contributed by atoms with van der Waals surface area (Å²) in [5.41, 5.74) is -0.316. The van der Waals surface area contributed by atoms with Gasteiger partial charge >= 0.3 is 5.97 Å². The first-order valence-corrected chi connectivity index (χ1v) is 5.89. The third kappa shape index (κ3) is 2.31. The topological polar surface area (TPSA) is 60.8 Å². The minimum Gasteiger partial charge on any atom is -0.508 e. The maximum Gasteiger partial charge on any atom is 0.323 e. The van der Waals surface area contributed by atoms with Crippen LogP contribution in [0.2, 0.25) is 0 Å². The highest BCUT2D eigenvalue weighted by Gasteiger charge is 2.43. The molecule has 2 rings (SSSR count). The first-order valence-electron chi connectivity index (χ1n) is 5.89. The van der Waals surface area contributed by atoms with Gasteiger partial charge in [0.25, 0.3) is 0 Å². The fraction of sp³-hybridized carbons (Fsp3) is 0.462. The van der Waals surface area contributed by atoms with Gasteiger partial charge in [-0.05, 0) is 44.0 Å². The minimum atomic E-state index is -0.901. The van der Waals surface area contributed by atoms with Crippen molar-refractivity contribution in [3.8, 4) is 5.75 Å². The number of phenolic OH excluding ortho intramolecular Hbond substituents is 1. The number of hydrogen-bond acceptors (Lipinski definition) is 3. The van der Waals surface area contributed by atoms with Crippen molar-refractivity contribution in [3.63, 3.8) is 0 Å². The van der Waals surface area contributed by atoms with Crippen LogP contribution in [0.15, 0.2) is 18.2 Å². The van der Waals surface area contributed by atoms with Crippen molar-refractivity contribution in [1.29, 1.82) is 0 Å². The van der Waals surface area contributed by atoms with E-state index < -0.39 is 17.3 Å². The van der Waals surface area contributed by atoms with Crippen LogP contribution in [0.4, 0.5) is 4.39 Å². The van der Waals surface area contributed by atoms with Crippen molar-refractivity contribution in [2.45, 2.75) is 31.8 Å². The van der Waals surface area contributed by atoms with Crippen LogP contribution in [0.5, 0.6) is 5.75 Å². The van der Waals surface area contributed by atoms with Crippen molar-refractivity contribution in [3.05, 3.63) is 29.6 Å². The molecule has 1 atom stereocenters. The van der Waals surface area contributed by atoms with Crippen molar-refractivity contribution in [1.82, 2.24) is 4.90 Å². The molecule has 18 heavy (non-hydrogen) atoms. The quantitative estimate of drug-likeness (QED) is 0.864. The molecule has 98 valence electrons. The van der Waals surface area contributed by atoms with E-state index in [1.54, 1.807) is 6.92 Å². The summed E-state index contributed by atoms with van der Waals surface area (Å²) >= 11 is 0. The zero-order chi connectivity index (χ0) is 13.3. The number of rotatable bonds is 3. The van der Waals surface area contributed by atoms with Gasteiger partial charge < -0.3 is 10.2 Å². The summed E-state index contributed by atoms with van der Waals surface area (Å²) in [5.74, 6) is -1.51. The summed E-state index contributed by atoms with van der Waals surface area (Å²) in [6, 6.07) is 3.81. The molecule has 4 nitrogen and oxygen atoms in total. The fourth-order valence-corrected chi connectivity index (χ4v) is 2.46. The molecule has 0 bridgehead atoms. The van der Waals surface area contributed by atoms with E-state index in [1.165, 1.54) is 12.1 Å². The Hall–Kier alpha value is -1.62. The molecule has 1 aromatic carbocycles. The first kappa shape index (κ1) is 12.8. The van der Waals surface area contributed by atoms with Crippen molar-refractivity contribution in [2.24, 2.45) is 0 Å². The van der Waals surface area contributed by atoms with E-state index in [9.17, 15) is 19.4 Å². The second kappa shape index (κ2) is 4.57. The molecular formula is C13H16FNO3. The molecule has 1 saturated heterocycles. The van der Waals surface area contributed by atoms with Crippen molar-refractivity contribution in [2.75, 3.05) is 6.54 Å². The zero-order valence-corrected chi connectivity index (χ0v) is 10.2. The van der Waals surface area contributed by atoms with Gasteiger partial charge in [0.15, 0.2) is 0 Å². The summed E-state index contributed by atoms with van der Waals surface area (Å²) in [5, 5.41) is 18.6. The lowest BCUT2D eigenvalue weighted by Crippen LogP contribution is -2.47. The Bertz CT molecular complexity index is 457. The zero-order valence-electron chi connectivity index (χ0n) is 10.2. The normalized spacial score (nSPS) is 24.3. The van der Waals surface area contributed by atoms with E-state index in [2.05, 4.69) is 0 Å². The molecule has 1 heterocycles. The average molecular weight is 253 g/mol. The number of likely N-dealkylation sites (tertiary alicyclic amines) is 1. The molecule has 0 aromatic heterocycles. The van der Waals surface area contributed by atoms with Crippen LogP contribution in [0.1, 0.15) is 25.3 Å². The number of nitrogens with zero attached hydrogens (tertiary/aromatic N) is 1. The molecule has 0 aliphatic carbocycles. The second-order valence-electron chi connectivity index (χ2n) is 4.92. The number of aromatic hydroxyl groups is 1. The maximum absolute atomic E-state index is 13.2. The lowest BCUT2D eigenvalue weighted by Gasteiger charge is -2.31. The molecule has 0 amide bonds. The molecular weight excluding hydrogens is 237 g/mol. The Morgan fingerprint density at radius 1 is 1.50 bits per heavy atom. The smallest absolute Gasteiger partial charge is 0.323 e. The number of halogens is 1. The van der Waals surface area contributed by atoms with Crippen LogP contribution >= 0.6 is 0 Å². The van der Waals surface area contributed by atoms with E-state index in [1.807, 2.05) is 4.90 Å². The van der Waals surface area contributed by atoms with Gasteiger partial charge in [0.2, 0.25) is 0 Å². The number of carboxylic acids is 1. The summed E-state index contributed by atoms with van der Waals surface area (Å²) in [6.45, 7) is 2.68. The molecule has 5 heteroatoms. The van der Waals surface area contributed by atoms with Crippen LogP contribution in [-0.2, 0) is 11.3 Å². The number of hydrogen-bond donors (Lipinski definition) is 2. The van der Waals surface area contributed by atoms with Gasteiger partial charge in [-0.15, -0.1) is 0 Å². The van der Waals surface area contributed by atoms with E-state index >= 15 is 0 Å². The van der Waals surface area contributed by atoms with E-state index in [0.717, 1.165) is 12.5 Å². The van der Waals surface area contributed by atoms with Gasteiger partial charge in [-0.25, -0.2) is 4.39 Å². The van der Waals surface area contributed by atoms with Crippen molar-refractivity contribution < 1.29 is 19.4 Å². The number of benzene rings is 1. The molecule has 0 saturated carbocycles. The fourth-order valence-electron chi connectivity index (χ4n) is 2.46. The number of aliphatic carboxylic acids is 1. The molecule has 1 aromatic rings. The molecule has 1 aliphatic rings. The third-order valence-electron chi connectivity index (χ3n) is 3.57. The van der Waals surface area contributed by atoms with E-state index in [0.29, 0.717) is 25.1 Å². The highest BCUT2D eigenvalue weighted by Crippen LogP contribution is 2.31. The highest BCUT2D eigenvalue weighted by atomic mass is 19.1. The van der Waals surface area contributed by atoms with Gasteiger partial charge in [0, 0.05) is 12.6 Å². The van der Waals surface area contributed by atoms with Gasteiger partial charge in [0.1, 0.15) is 17.1 Å². The van der Waals surface area contributed by atoms with Gasteiger partial charge in [0.05, 0.1) is 0 Å². The summed E-state index contributed by atoms with van der Waals surface area (Å²) in [6.07, 6.45) is 1.40. The Morgan fingerprint density at radius 2 is 2.22 bits per heavy atom. The minimum absolute atomic E-state index is 0.138. The first-order chi connectivity index (χ1) is 8.41. The molecule has 1 aliphatic heterocycles. The summed E-state index contributed by atoms with van der Waals surface area (Å²) in [7, 11) is 0. The van der Waals surface area contributed by atoms with Crippen LogP contribution in [0.25, 0.3) is 0 Å². The molecule has 1 unspecified atom stereocenters. The van der Waals surface area contributed by atoms with Gasteiger partial charge in [-0.1, -0.05) is 0 Å². The molecule has 1 fully saturated rings. The Balaban J connectivity index is 2.20. The maximum atomic E-state index is 13.2. The Morgan fingerprint density at radius 3 is 2.83 bits per heavy atom. The van der Waals surface area contributed by atoms with Crippen LogP contribution in [0.3, 0.4) is 0 Å². The molecule has 0 radical (unpaired) electrons. The lowest BCUT2D eigenvalue weighted by molar-refractivity contribution is -0.148. The SMILES string of the molecule is CC1(C(=O)O)CCCN1Cc1cc(O)cc(F)c1. The third-order valence-corrected chi connectivity index (χ3v) is 3.57. The highest BCUT2D eigenvalue weighted by molar-refractivity contribution is 5.78. The van der Waals surface area contributed by atoms with Gasteiger partial charge in [-0.3, -0.25) is 9.69 Å². The van der Waals surface area contributed by atoms with E-state index in [-0.39, 0.29) is 5.75 Å². The van der Waals surface area contributed by atoms with Crippen LogP contribution < -0.4 is 0 Å². The Labute approximate surface area is 105 Å². The summed E-state index contributed by atoms with van der Waals surface area (Å²) in [4.78, 5) is 13.1. The monoisotopic (exact) mass is 253 g/mol. The summed E-state index contributed by atoms with van der Waals surface area (Å²) < 4.78 is 13.2. The molecule has 0 spiro atoms. The second-order valence-corrected chi connectivity index (χ2v) is 4.92. The number of carbonyl (C=O) groups is 1. The molecule has 2 N–H and O–H groups in total. The Kier molecular flexibility index (Phi) is 3.26. The van der Waals surface area contributed by atoms with Gasteiger partial charge in [-0.2, -0.15) is 0 Å². The lowest BCUT2D eigenvalue weighted by atomic mass is 9.99. The average Bonchev–Trinajstić information content (AvgIpc) is 2.60.